The molecule has 1 amide bonds. The van der Waals surface area contributed by atoms with Crippen molar-refractivity contribution in [3.8, 4) is 5.75 Å². The van der Waals surface area contributed by atoms with Gasteiger partial charge in [-0.1, -0.05) is 0 Å². The number of halogens is 2. The molecule has 0 heterocycles. The standard InChI is InChI=1S/C11H14F2N2O2/c1-11(2,3)15-10(16)17-8-5-6(12)4-7(13)9(8)14/h4-5H,14H2,1-3H3,(H,15,16). The van der Waals surface area contributed by atoms with Gasteiger partial charge in [-0.2, -0.15) is 0 Å². The number of carbonyl (C=O) groups is 1. The largest absolute Gasteiger partial charge is 0.413 e. The average molecular weight is 244 g/mol. The normalized spacial score (nSPS) is 11.1. The lowest BCUT2D eigenvalue weighted by Gasteiger charge is -2.20. The highest BCUT2D eigenvalue weighted by atomic mass is 19.1. The molecule has 3 N–H and O–H groups in total. The van der Waals surface area contributed by atoms with Crippen molar-refractivity contribution in [2.24, 2.45) is 0 Å². The molecule has 17 heavy (non-hydrogen) atoms. The maximum absolute atomic E-state index is 13.1. The maximum atomic E-state index is 13.1. The monoisotopic (exact) mass is 244 g/mol. The van der Waals surface area contributed by atoms with E-state index in [0.717, 1.165) is 6.07 Å². The predicted molar refractivity (Wildman–Crippen MR) is 59.7 cm³/mol. The third kappa shape index (κ3) is 3.90. The number of hydrogen-bond donors (Lipinski definition) is 2. The van der Waals surface area contributed by atoms with Gasteiger partial charge in [-0.05, 0) is 20.8 Å². The van der Waals surface area contributed by atoms with Gasteiger partial charge in [-0.25, -0.2) is 13.6 Å². The fourth-order valence-electron chi connectivity index (χ4n) is 1.08. The predicted octanol–water partition coefficient (Wildman–Crippen LogP) is 2.43. The molecule has 1 aromatic rings. The van der Waals surface area contributed by atoms with E-state index >= 15 is 0 Å². The summed E-state index contributed by atoms with van der Waals surface area (Å²) in [5.41, 5.74) is 4.39. The van der Waals surface area contributed by atoms with Gasteiger partial charge in [0, 0.05) is 17.7 Å². The first kappa shape index (κ1) is 13.2. The molecule has 0 radical (unpaired) electrons. The zero-order chi connectivity index (χ0) is 13.2. The number of nitrogens with two attached hydrogens (primary N) is 1. The summed E-state index contributed by atoms with van der Waals surface area (Å²) in [4.78, 5) is 11.4. The number of nitrogens with one attached hydrogen (secondary N) is 1. The summed E-state index contributed by atoms with van der Waals surface area (Å²) in [6.45, 7) is 5.22. The summed E-state index contributed by atoms with van der Waals surface area (Å²) in [6, 6.07) is 1.46. The van der Waals surface area contributed by atoms with E-state index < -0.39 is 29.0 Å². The molecular formula is C11H14F2N2O2. The van der Waals surface area contributed by atoms with Crippen molar-refractivity contribution in [2.75, 3.05) is 5.73 Å². The minimum atomic E-state index is -0.969. The molecule has 94 valence electrons. The molecule has 1 aromatic carbocycles. The molecule has 0 bridgehead atoms. The number of anilines is 1. The Bertz CT molecular complexity index is 442. The lowest BCUT2D eigenvalue weighted by Crippen LogP contribution is -2.42. The van der Waals surface area contributed by atoms with Crippen molar-refractivity contribution >= 4 is 11.8 Å². The average Bonchev–Trinajstić information content (AvgIpc) is 2.10. The van der Waals surface area contributed by atoms with E-state index in [4.69, 9.17) is 10.5 Å². The van der Waals surface area contributed by atoms with Crippen molar-refractivity contribution in [3.63, 3.8) is 0 Å². The van der Waals surface area contributed by atoms with Crippen LogP contribution in [0.3, 0.4) is 0 Å². The van der Waals surface area contributed by atoms with Crippen molar-refractivity contribution in [2.45, 2.75) is 26.3 Å². The summed E-state index contributed by atoms with van der Waals surface area (Å²) < 4.78 is 30.7. The first-order valence-corrected chi connectivity index (χ1v) is 4.93. The van der Waals surface area contributed by atoms with E-state index in [2.05, 4.69) is 5.32 Å². The van der Waals surface area contributed by atoms with E-state index in [1.165, 1.54) is 0 Å². The van der Waals surface area contributed by atoms with Gasteiger partial charge < -0.3 is 15.8 Å². The maximum Gasteiger partial charge on any atom is 0.413 e. The SMILES string of the molecule is CC(C)(C)NC(=O)Oc1cc(F)cc(F)c1N. The molecule has 0 aliphatic carbocycles. The molecule has 1 rings (SSSR count). The van der Waals surface area contributed by atoms with Gasteiger partial charge in [-0.15, -0.1) is 0 Å². The van der Waals surface area contributed by atoms with Crippen LogP contribution in [0.25, 0.3) is 0 Å². The number of nitrogen functional groups attached to an aromatic ring is 1. The van der Waals surface area contributed by atoms with E-state index in [0.29, 0.717) is 6.07 Å². The minimum Gasteiger partial charge on any atom is -0.408 e. The van der Waals surface area contributed by atoms with Crippen LogP contribution in [0.4, 0.5) is 19.3 Å². The van der Waals surface area contributed by atoms with E-state index in [9.17, 15) is 13.6 Å². The zero-order valence-electron chi connectivity index (χ0n) is 9.80. The van der Waals surface area contributed by atoms with Gasteiger partial charge in [0.15, 0.2) is 11.6 Å². The highest BCUT2D eigenvalue weighted by Crippen LogP contribution is 2.25. The summed E-state index contributed by atoms with van der Waals surface area (Å²) in [6.07, 6.45) is -0.825. The Balaban J connectivity index is 2.85. The summed E-state index contributed by atoms with van der Waals surface area (Å²) in [5, 5.41) is 2.47. The van der Waals surface area contributed by atoms with Gasteiger partial charge >= 0.3 is 6.09 Å². The van der Waals surface area contributed by atoms with Gasteiger partial charge in [0.1, 0.15) is 11.5 Å². The number of hydrogen-bond acceptors (Lipinski definition) is 3. The van der Waals surface area contributed by atoms with Crippen molar-refractivity contribution in [1.29, 1.82) is 0 Å². The molecule has 0 aromatic heterocycles. The Morgan fingerprint density at radius 2 is 1.94 bits per heavy atom. The van der Waals surface area contributed by atoms with Crippen molar-refractivity contribution in [1.82, 2.24) is 5.32 Å². The molecule has 0 aliphatic rings. The highest BCUT2D eigenvalue weighted by Gasteiger charge is 2.18. The molecule has 0 spiro atoms. The second-order valence-electron chi connectivity index (χ2n) is 4.56. The van der Waals surface area contributed by atoms with Crippen LogP contribution in [0.5, 0.6) is 5.75 Å². The zero-order valence-corrected chi connectivity index (χ0v) is 9.80. The highest BCUT2D eigenvalue weighted by molar-refractivity contribution is 5.73. The van der Waals surface area contributed by atoms with Crippen LogP contribution in [0.2, 0.25) is 0 Å². The van der Waals surface area contributed by atoms with Crippen LogP contribution in [0.1, 0.15) is 20.8 Å². The molecule has 4 nitrogen and oxygen atoms in total. The van der Waals surface area contributed by atoms with Crippen molar-refractivity contribution in [3.05, 3.63) is 23.8 Å². The fraction of sp³-hybridized carbons (Fsp3) is 0.364. The van der Waals surface area contributed by atoms with Crippen LogP contribution in [0.15, 0.2) is 12.1 Å². The third-order valence-corrected chi connectivity index (χ3v) is 1.74. The van der Waals surface area contributed by atoms with Crippen LogP contribution < -0.4 is 15.8 Å². The van der Waals surface area contributed by atoms with Crippen LogP contribution >= 0.6 is 0 Å². The lowest BCUT2D eigenvalue weighted by molar-refractivity contribution is 0.190. The first-order valence-electron chi connectivity index (χ1n) is 4.93. The van der Waals surface area contributed by atoms with Crippen LogP contribution in [0, 0.1) is 11.6 Å². The van der Waals surface area contributed by atoms with E-state index in [1.807, 2.05) is 0 Å². The van der Waals surface area contributed by atoms with Crippen molar-refractivity contribution < 1.29 is 18.3 Å². The van der Waals surface area contributed by atoms with Gasteiger partial charge in [0.05, 0.1) is 0 Å². The summed E-state index contributed by atoms with van der Waals surface area (Å²) in [7, 11) is 0. The number of benzene rings is 1. The molecule has 0 atom stereocenters. The number of carbonyl (C=O) groups excluding carboxylic acids is 1. The fourth-order valence-corrected chi connectivity index (χ4v) is 1.08. The smallest absolute Gasteiger partial charge is 0.408 e. The first-order chi connectivity index (χ1) is 7.69. The summed E-state index contributed by atoms with van der Waals surface area (Å²) in [5.74, 6) is -2.18. The molecular weight excluding hydrogens is 230 g/mol. The topological polar surface area (TPSA) is 64.3 Å². The quantitative estimate of drug-likeness (QED) is 0.746. The molecule has 0 saturated heterocycles. The second kappa shape index (κ2) is 4.57. The number of rotatable bonds is 1. The Hall–Kier alpha value is -1.85. The Morgan fingerprint density at radius 1 is 1.35 bits per heavy atom. The molecule has 6 heteroatoms. The third-order valence-electron chi connectivity index (χ3n) is 1.74. The molecule has 0 unspecified atom stereocenters. The molecule has 0 fully saturated rings. The molecule has 0 saturated carbocycles. The Kier molecular flexibility index (Phi) is 3.55. The Labute approximate surface area is 97.8 Å². The minimum absolute atomic E-state index is 0.343. The second-order valence-corrected chi connectivity index (χ2v) is 4.56. The van der Waals surface area contributed by atoms with E-state index in [-0.39, 0.29) is 5.75 Å². The number of amides is 1. The Morgan fingerprint density at radius 3 is 2.47 bits per heavy atom. The number of ether oxygens (including phenoxy) is 1. The summed E-state index contributed by atoms with van der Waals surface area (Å²) >= 11 is 0. The van der Waals surface area contributed by atoms with Crippen LogP contribution in [-0.2, 0) is 0 Å². The van der Waals surface area contributed by atoms with Crippen LogP contribution in [-0.4, -0.2) is 11.6 Å². The van der Waals surface area contributed by atoms with Gasteiger partial charge in [0.2, 0.25) is 0 Å². The van der Waals surface area contributed by atoms with Gasteiger partial charge in [-0.3, -0.25) is 0 Å². The van der Waals surface area contributed by atoms with E-state index in [1.54, 1.807) is 20.8 Å². The lowest BCUT2D eigenvalue weighted by atomic mass is 10.1. The molecule has 0 aliphatic heterocycles. The van der Waals surface area contributed by atoms with Gasteiger partial charge in [0.25, 0.3) is 0 Å².